The molecule has 0 aromatic heterocycles. The molecule has 0 radical (unpaired) electrons. The van der Waals surface area contributed by atoms with Gasteiger partial charge in [-0.2, -0.15) is 0 Å². The van der Waals surface area contributed by atoms with Gasteiger partial charge in [-0.15, -0.1) is 0 Å². The number of hydrogen-bond donors (Lipinski definition) is 3. The molecule has 0 spiro atoms. The molecule has 2 amide bonds. The standard InChI is InChI=1S/C13H15ClN2O4/c1-9(14)8-15-13(20)16(6-7-17)11-4-2-10(3-5-11)12(18)19/h2-5,17H,1,6-8H2,(H,15,20)(H,18,19). The molecule has 6 nitrogen and oxygen atoms in total. The Kier molecular flexibility index (Phi) is 6.02. The van der Waals surface area contributed by atoms with Gasteiger partial charge in [-0.1, -0.05) is 18.2 Å². The molecular weight excluding hydrogens is 284 g/mol. The van der Waals surface area contributed by atoms with E-state index in [4.69, 9.17) is 21.8 Å². The zero-order chi connectivity index (χ0) is 15.1. The second-order valence-corrected chi connectivity index (χ2v) is 4.44. The van der Waals surface area contributed by atoms with Crippen LogP contribution in [0.4, 0.5) is 10.5 Å². The summed E-state index contributed by atoms with van der Waals surface area (Å²) in [6.07, 6.45) is 0. The summed E-state index contributed by atoms with van der Waals surface area (Å²) < 4.78 is 0. The van der Waals surface area contributed by atoms with Gasteiger partial charge in [-0.25, -0.2) is 9.59 Å². The fraction of sp³-hybridized carbons (Fsp3) is 0.231. The number of halogens is 1. The van der Waals surface area contributed by atoms with Gasteiger partial charge in [0.05, 0.1) is 25.3 Å². The fourth-order valence-corrected chi connectivity index (χ4v) is 1.57. The SMILES string of the molecule is C=C(Cl)CNC(=O)N(CCO)c1ccc(C(=O)O)cc1. The molecule has 0 aliphatic carbocycles. The van der Waals surface area contributed by atoms with Crippen LogP contribution in [0.2, 0.25) is 0 Å². The maximum atomic E-state index is 11.9. The lowest BCUT2D eigenvalue weighted by Crippen LogP contribution is -2.42. The predicted octanol–water partition coefficient (Wildman–Crippen LogP) is 1.65. The molecule has 0 unspecified atom stereocenters. The van der Waals surface area contributed by atoms with Crippen molar-refractivity contribution >= 4 is 29.3 Å². The van der Waals surface area contributed by atoms with Crippen LogP contribution in [0.5, 0.6) is 0 Å². The van der Waals surface area contributed by atoms with E-state index in [0.29, 0.717) is 5.69 Å². The van der Waals surface area contributed by atoms with E-state index in [2.05, 4.69) is 11.9 Å². The summed E-state index contributed by atoms with van der Waals surface area (Å²) in [5.74, 6) is -1.05. The normalized spacial score (nSPS) is 9.90. The van der Waals surface area contributed by atoms with Crippen LogP contribution >= 0.6 is 11.6 Å². The smallest absolute Gasteiger partial charge is 0.335 e. The van der Waals surface area contributed by atoms with Gasteiger partial charge in [0.2, 0.25) is 0 Å². The first-order valence-corrected chi connectivity index (χ1v) is 6.16. The van der Waals surface area contributed by atoms with Gasteiger partial charge in [-0.3, -0.25) is 4.90 Å². The minimum atomic E-state index is -1.05. The number of carboxylic acid groups (broad SMARTS) is 1. The molecule has 0 saturated heterocycles. The first kappa shape index (κ1) is 16.0. The third-order valence-electron chi connectivity index (χ3n) is 2.43. The Morgan fingerprint density at radius 1 is 1.30 bits per heavy atom. The van der Waals surface area contributed by atoms with Crippen LogP contribution in [0.15, 0.2) is 35.9 Å². The number of urea groups is 1. The number of nitrogens with one attached hydrogen (secondary N) is 1. The van der Waals surface area contributed by atoms with E-state index >= 15 is 0 Å². The van der Waals surface area contributed by atoms with E-state index < -0.39 is 12.0 Å². The van der Waals surface area contributed by atoms with E-state index in [0.717, 1.165) is 0 Å². The van der Waals surface area contributed by atoms with Crippen LogP contribution in [0.1, 0.15) is 10.4 Å². The van der Waals surface area contributed by atoms with Crippen LogP contribution < -0.4 is 10.2 Å². The van der Waals surface area contributed by atoms with Crippen molar-refractivity contribution < 1.29 is 19.8 Å². The summed E-state index contributed by atoms with van der Waals surface area (Å²) in [4.78, 5) is 24.0. The van der Waals surface area contributed by atoms with Crippen LogP contribution in [-0.2, 0) is 0 Å². The molecule has 1 aromatic carbocycles. The van der Waals surface area contributed by atoms with Gasteiger partial charge in [0.1, 0.15) is 0 Å². The van der Waals surface area contributed by atoms with Crippen molar-refractivity contribution in [1.29, 1.82) is 0 Å². The average Bonchev–Trinajstić information content (AvgIpc) is 2.42. The van der Waals surface area contributed by atoms with Crippen molar-refractivity contribution in [3.63, 3.8) is 0 Å². The minimum Gasteiger partial charge on any atom is -0.478 e. The number of amides is 2. The molecule has 1 aromatic rings. The Morgan fingerprint density at radius 2 is 1.90 bits per heavy atom. The van der Waals surface area contributed by atoms with E-state index in [1.165, 1.54) is 29.2 Å². The molecule has 0 fully saturated rings. The summed E-state index contributed by atoms with van der Waals surface area (Å²) in [6, 6.07) is 5.30. The summed E-state index contributed by atoms with van der Waals surface area (Å²) >= 11 is 5.56. The third-order valence-corrected chi connectivity index (χ3v) is 2.56. The lowest BCUT2D eigenvalue weighted by Gasteiger charge is -2.22. The van der Waals surface area contributed by atoms with Gasteiger partial charge in [0.25, 0.3) is 0 Å². The molecule has 0 heterocycles. The first-order valence-electron chi connectivity index (χ1n) is 5.78. The largest absolute Gasteiger partial charge is 0.478 e. The highest BCUT2D eigenvalue weighted by atomic mass is 35.5. The Balaban J connectivity index is 2.86. The number of hydrogen-bond acceptors (Lipinski definition) is 3. The number of benzene rings is 1. The van der Waals surface area contributed by atoms with Gasteiger partial charge in [0, 0.05) is 10.7 Å². The Morgan fingerprint density at radius 3 is 2.35 bits per heavy atom. The van der Waals surface area contributed by atoms with Crippen LogP contribution in [0.3, 0.4) is 0 Å². The number of aromatic carboxylic acids is 1. The van der Waals surface area contributed by atoms with Crippen molar-refractivity contribution in [3.05, 3.63) is 41.4 Å². The number of nitrogens with zero attached hydrogens (tertiary/aromatic N) is 1. The van der Waals surface area contributed by atoms with E-state index in [1.807, 2.05) is 0 Å². The second-order valence-electron chi connectivity index (χ2n) is 3.90. The highest BCUT2D eigenvalue weighted by Gasteiger charge is 2.15. The van der Waals surface area contributed by atoms with E-state index in [-0.39, 0.29) is 30.3 Å². The minimum absolute atomic E-state index is 0.0764. The molecule has 0 saturated carbocycles. The maximum absolute atomic E-state index is 11.9. The number of carbonyl (C=O) groups excluding carboxylic acids is 1. The quantitative estimate of drug-likeness (QED) is 0.745. The highest BCUT2D eigenvalue weighted by molar-refractivity contribution is 6.29. The number of carboxylic acids is 1. The zero-order valence-electron chi connectivity index (χ0n) is 10.7. The number of rotatable bonds is 6. The van der Waals surface area contributed by atoms with Gasteiger partial charge in [0.15, 0.2) is 0 Å². The van der Waals surface area contributed by atoms with Crippen molar-refractivity contribution in [2.75, 3.05) is 24.6 Å². The van der Waals surface area contributed by atoms with Crippen molar-refractivity contribution in [2.45, 2.75) is 0 Å². The number of aliphatic hydroxyl groups is 1. The second kappa shape index (κ2) is 7.52. The van der Waals surface area contributed by atoms with Crippen LogP contribution in [-0.4, -0.2) is 41.9 Å². The summed E-state index contributed by atoms with van der Waals surface area (Å²) in [7, 11) is 0. The van der Waals surface area contributed by atoms with E-state index in [1.54, 1.807) is 0 Å². The van der Waals surface area contributed by atoms with Gasteiger partial charge < -0.3 is 15.5 Å². The summed E-state index contributed by atoms with van der Waals surface area (Å²) in [5.41, 5.74) is 0.592. The predicted molar refractivity (Wildman–Crippen MR) is 76.2 cm³/mol. The van der Waals surface area contributed by atoms with Gasteiger partial charge >= 0.3 is 12.0 Å². The number of aliphatic hydroxyl groups excluding tert-OH is 1. The summed E-state index contributed by atoms with van der Waals surface area (Å²) in [6.45, 7) is 3.41. The number of carbonyl (C=O) groups is 2. The Bertz CT molecular complexity index is 502. The summed E-state index contributed by atoms with van der Waals surface area (Å²) in [5, 5.41) is 20.6. The lowest BCUT2D eigenvalue weighted by atomic mass is 10.2. The lowest BCUT2D eigenvalue weighted by molar-refractivity contribution is 0.0697. The van der Waals surface area contributed by atoms with Gasteiger partial charge in [-0.05, 0) is 24.3 Å². The van der Waals surface area contributed by atoms with Crippen LogP contribution in [0, 0.1) is 0 Å². The molecule has 1 rings (SSSR count). The van der Waals surface area contributed by atoms with Crippen molar-refractivity contribution in [1.82, 2.24) is 5.32 Å². The molecule has 108 valence electrons. The third kappa shape index (κ3) is 4.56. The fourth-order valence-electron chi connectivity index (χ4n) is 1.50. The molecular formula is C13H15ClN2O4. The van der Waals surface area contributed by atoms with Crippen molar-refractivity contribution in [3.8, 4) is 0 Å². The zero-order valence-corrected chi connectivity index (χ0v) is 11.4. The highest BCUT2D eigenvalue weighted by Crippen LogP contribution is 2.15. The monoisotopic (exact) mass is 298 g/mol. The molecule has 0 aliphatic rings. The number of anilines is 1. The first-order chi connectivity index (χ1) is 9.45. The molecule has 20 heavy (non-hydrogen) atoms. The molecule has 0 bridgehead atoms. The van der Waals surface area contributed by atoms with E-state index in [9.17, 15) is 9.59 Å². The molecule has 3 N–H and O–H groups in total. The van der Waals surface area contributed by atoms with Crippen molar-refractivity contribution in [2.24, 2.45) is 0 Å². The molecule has 7 heteroatoms. The Hall–Kier alpha value is -2.05. The molecule has 0 atom stereocenters. The molecule has 0 aliphatic heterocycles. The van der Waals surface area contributed by atoms with Crippen LogP contribution in [0.25, 0.3) is 0 Å². The average molecular weight is 299 g/mol. The Labute approximate surface area is 121 Å². The maximum Gasteiger partial charge on any atom is 0.335 e. The topological polar surface area (TPSA) is 89.9 Å².